The fourth-order valence-electron chi connectivity index (χ4n) is 1.93. The Morgan fingerprint density at radius 1 is 1.35 bits per heavy atom. The van der Waals surface area contributed by atoms with Crippen LogP contribution in [0.15, 0.2) is 18.2 Å². The molecule has 3 heteroatoms. The number of nitrogens with zero attached hydrogens (tertiary/aromatic N) is 1. The summed E-state index contributed by atoms with van der Waals surface area (Å²) in [5.74, 6) is 0.416. The first-order valence-corrected chi connectivity index (χ1v) is 6.35. The number of halogens is 1. The number of rotatable bonds is 6. The molecule has 0 bridgehead atoms. The molecule has 0 aliphatic rings. The minimum atomic E-state index is -0.214. The van der Waals surface area contributed by atoms with E-state index in [1.165, 1.54) is 12.1 Å². The first-order chi connectivity index (χ1) is 8.12. The molecule has 1 aromatic carbocycles. The normalized spacial score (nSPS) is 12.5. The lowest BCUT2D eigenvalue weighted by Gasteiger charge is -2.28. The standard InChI is InChI=1S/C14H23FN2/c1-4-11(3)10-17(5-2)14-7-6-13(15)8-12(14)9-16/h6-8,11H,4-5,9-10,16H2,1-3H3. The molecule has 0 aromatic heterocycles. The summed E-state index contributed by atoms with van der Waals surface area (Å²) in [7, 11) is 0. The van der Waals surface area contributed by atoms with Gasteiger partial charge < -0.3 is 10.6 Å². The summed E-state index contributed by atoms with van der Waals surface area (Å²) in [6.07, 6.45) is 1.15. The zero-order valence-corrected chi connectivity index (χ0v) is 11.0. The summed E-state index contributed by atoms with van der Waals surface area (Å²) in [4.78, 5) is 2.27. The van der Waals surface area contributed by atoms with Gasteiger partial charge in [0.2, 0.25) is 0 Å². The molecule has 1 rings (SSSR count). The van der Waals surface area contributed by atoms with Gasteiger partial charge in [-0.05, 0) is 36.6 Å². The Hall–Kier alpha value is -1.09. The maximum absolute atomic E-state index is 13.2. The summed E-state index contributed by atoms with van der Waals surface area (Å²) in [5.41, 5.74) is 7.63. The topological polar surface area (TPSA) is 29.3 Å². The molecule has 0 radical (unpaired) electrons. The summed E-state index contributed by atoms with van der Waals surface area (Å²) >= 11 is 0. The Labute approximate surface area is 104 Å². The number of nitrogens with two attached hydrogens (primary N) is 1. The Morgan fingerprint density at radius 3 is 2.59 bits per heavy atom. The Morgan fingerprint density at radius 2 is 2.06 bits per heavy atom. The Kier molecular flexibility index (Phi) is 5.42. The molecule has 0 aliphatic heterocycles. The predicted octanol–water partition coefficient (Wildman–Crippen LogP) is 3.16. The van der Waals surface area contributed by atoms with E-state index in [2.05, 4.69) is 25.7 Å². The van der Waals surface area contributed by atoms with Gasteiger partial charge in [0.05, 0.1) is 0 Å². The maximum atomic E-state index is 13.2. The van der Waals surface area contributed by atoms with E-state index in [1.54, 1.807) is 0 Å². The quantitative estimate of drug-likeness (QED) is 0.825. The molecule has 2 N–H and O–H groups in total. The van der Waals surface area contributed by atoms with Gasteiger partial charge in [-0.25, -0.2) is 4.39 Å². The molecule has 96 valence electrons. The van der Waals surface area contributed by atoms with Crippen molar-refractivity contribution in [2.45, 2.75) is 33.7 Å². The van der Waals surface area contributed by atoms with Gasteiger partial charge in [-0.3, -0.25) is 0 Å². The zero-order chi connectivity index (χ0) is 12.8. The van der Waals surface area contributed by atoms with E-state index < -0.39 is 0 Å². The summed E-state index contributed by atoms with van der Waals surface area (Å²) in [6.45, 7) is 8.83. The summed E-state index contributed by atoms with van der Waals surface area (Å²) in [6, 6.07) is 4.88. The van der Waals surface area contributed by atoms with Gasteiger partial charge in [-0.15, -0.1) is 0 Å². The van der Waals surface area contributed by atoms with E-state index >= 15 is 0 Å². The van der Waals surface area contributed by atoms with Crippen molar-refractivity contribution in [1.82, 2.24) is 0 Å². The van der Waals surface area contributed by atoms with Crippen LogP contribution in [0.25, 0.3) is 0 Å². The molecule has 0 aliphatic carbocycles. The van der Waals surface area contributed by atoms with Crippen molar-refractivity contribution in [3.05, 3.63) is 29.6 Å². The molecule has 1 aromatic rings. The SMILES string of the molecule is CCC(C)CN(CC)c1ccc(F)cc1CN. The van der Waals surface area contributed by atoms with E-state index in [0.717, 1.165) is 30.8 Å². The van der Waals surface area contributed by atoms with Crippen molar-refractivity contribution in [2.75, 3.05) is 18.0 Å². The lowest BCUT2D eigenvalue weighted by atomic mass is 10.1. The van der Waals surface area contributed by atoms with Crippen LogP contribution in [0.3, 0.4) is 0 Å². The van der Waals surface area contributed by atoms with Gasteiger partial charge in [0, 0.05) is 25.3 Å². The molecule has 0 heterocycles. The second kappa shape index (κ2) is 6.60. The van der Waals surface area contributed by atoms with Gasteiger partial charge in [0.15, 0.2) is 0 Å². The van der Waals surface area contributed by atoms with E-state index in [0.29, 0.717) is 12.5 Å². The van der Waals surface area contributed by atoms with Gasteiger partial charge in [0.25, 0.3) is 0 Å². The molecular formula is C14H23FN2. The maximum Gasteiger partial charge on any atom is 0.123 e. The molecule has 0 amide bonds. The summed E-state index contributed by atoms with van der Waals surface area (Å²) in [5, 5.41) is 0. The minimum Gasteiger partial charge on any atom is -0.371 e. The number of hydrogen-bond donors (Lipinski definition) is 1. The number of benzene rings is 1. The fraction of sp³-hybridized carbons (Fsp3) is 0.571. The molecule has 0 saturated heterocycles. The monoisotopic (exact) mass is 238 g/mol. The van der Waals surface area contributed by atoms with Gasteiger partial charge in [-0.2, -0.15) is 0 Å². The average molecular weight is 238 g/mol. The van der Waals surface area contributed by atoms with Crippen molar-refractivity contribution < 1.29 is 4.39 Å². The van der Waals surface area contributed by atoms with Crippen LogP contribution in [0.5, 0.6) is 0 Å². The third-order valence-corrected chi connectivity index (χ3v) is 3.21. The van der Waals surface area contributed by atoms with Gasteiger partial charge in [0.1, 0.15) is 5.82 Å². The van der Waals surface area contributed by atoms with Crippen molar-refractivity contribution in [3.8, 4) is 0 Å². The number of anilines is 1. The highest BCUT2D eigenvalue weighted by Gasteiger charge is 2.12. The second-order valence-corrected chi connectivity index (χ2v) is 4.53. The van der Waals surface area contributed by atoms with Crippen LogP contribution < -0.4 is 10.6 Å². The molecular weight excluding hydrogens is 215 g/mol. The van der Waals surface area contributed by atoms with Crippen LogP contribution >= 0.6 is 0 Å². The third-order valence-electron chi connectivity index (χ3n) is 3.21. The van der Waals surface area contributed by atoms with Gasteiger partial charge in [-0.1, -0.05) is 20.3 Å². The predicted molar refractivity (Wildman–Crippen MR) is 71.6 cm³/mol. The molecule has 0 spiro atoms. The Balaban J connectivity index is 2.94. The van der Waals surface area contributed by atoms with Crippen LogP contribution in [0.2, 0.25) is 0 Å². The molecule has 0 saturated carbocycles. The first-order valence-electron chi connectivity index (χ1n) is 6.35. The van der Waals surface area contributed by atoms with Crippen molar-refractivity contribution in [3.63, 3.8) is 0 Å². The first kappa shape index (κ1) is 14.0. The molecule has 1 atom stereocenters. The highest BCUT2D eigenvalue weighted by atomic mass is 19.1. The van der Waals surface area contributed by atoms with E-state index in [-0.39, 0.29) is 5.82 Å². The largest absolute Gasteiger partial charge is 0.371 e. The molecule has 17 heavy (non-hydrogen) atoms. The lowest BCUT2D eigenvalue weighted by molar-refractivity contribution is 0.546. The van der Waals surface area contributed by atoms with Crippen LogP contribution in [0.4, 0.5) is 10.1 Å². The number of hydrogen-bond acceptors (Lipinski definition) is 2. The van der Waals surface area contributed by atoms with E-state index in [1.807, 2.05) is 6.07 Å². The molecule has 0 fully saturated rings. The molecule has 1 unspecified atom stereocenters. The van der Waals surface area contributed by atoms with Crippen LogP contribution in [0, 0.1) is 11.7 Å². The van der Waals surface area contributed by atoms with Crippen LogP contribution in [-0.4, -0.2) is 13.1 Å². The van der Waals surface area contributed by atoms with Crippen LogP contribution in [-0.2, 0) is 6.54 Å². The van der Waals surface area contributed by atoms with Crippen LogP contribution in [0.1, 0.15) is 32.8 Å². The van der Waals surface area contributed by atoms with E-state index in [4.69, 9.17) is 5.73 Å². The Bertz CT molecular complexity index is 352. The average Bonchev–Trinajstić information content (AvgIpc) is 2.35. The fourth-order valence-corrected chi connectivity index (χ4v) is 1.93. The van der Waals surface area contributed by atoms with Crippen molar-refractivity contribution in [1.29, 1.82) is 0 Å². The second-order valence-electron chi connectivity index (χ2n) is 4.53. The lowest BCUT2D eigenvalue weighted by Crippen LogP contribution is -2.29. The van der Waals surface area contributed by atoms with Crippen molar-refractivity contribution >= 4 is 5.69 Å². The third kappa shape index (κ3) is 3.70. The highest BCUT2D eigenvalue weighted by Crippen LogP contribution is 2.22. The molecule has 2 nitrogen and oxygen atoms in total. The smallest absolute Gasteiger partial charge is 0.123 e. The summed E-state index contributed by atoms with van der Waals surface area (Å²) < 4.78 is 13.2. The highest BCUT2D eigenvalue weighted by molar-refractivity contribution is 5.53. The zero-order valence-electron chi connectivity index (χ0n) is 11.0. The van der Waals surface area contributed by atoms with Gasteiger partial charge >= 0.3 is 0 Å². The minimum absolute atomic E-state index is 0.214. The van der Waals surface area contributed by atoms with E-state index in [9.17, 15) is 4.39 Å². The van der Waals surface area contributed by atoms with Crippen molar-refractivity contribution in [2.24, 2.45) is 11.7 Å².